The molecular formula is C16H24N4O4. The van der Waals surface area contributed by atoms with Crippen molar-refractivity contribution >= 4 is 11.8 Å². The van der Waals surface area contributed by atoms with E-state index in [0.717, 1.165) is 19.4 Å². The SMILES string of the molecule is COCCNC(=O)CCN(CC1CCCO1)C(=O)c1cnccn1. The van der Waals surface area contributed by atoms with E-state index in [2.05, 4.69) is 15.3 Å². The molecule has 1 aromatic rings. The number of amides is 2. The van der Waals surface area contributed by atoms with Crippen LogP contribution in [0.3, 0.4) is 0 Å². The number of hydrogen-bond donors (Lipinski definition) is 1. The zero-order chi connectivity index (χ0) is 17.2. The predicted octanol–water partition coefficient (Wildman–Crippen LogP) is 0.251. The summed E-state index contributed by atoms with van der Waals surface area (Å²) in [5.74, 6) is -0.348. The molecule has 2 heterocycles. The van der Waals surface area contributed by atoms with E-state index in [9.17, 15) is 9.59 Å². The molecule has 1 aliphatic heterocycles. The average Bonchev–Trinajstić information content (AvgIpc) is 3.12. The summed E-state index contributed by atoms with van der Waals surface area (Å²) in [5, 5.41) is 2.75. The molecule has 1 atom stereocenters. The molecule has 0 spiro atoms. The van der Waals surface area contributed by atoms with Crippen molar-refractivity contribution in [2.75, 3.05) is 40.0 Å². The van der Waals surface area contributed by atoms with Crippen molar-refractivity contribution in [3.05, 3.63) is 24.3 Å². The van der Waals surface area contributed by atoms with Gasteiger partial charge in [0.05, 0.1) is 18.9 Å². The first-order chi connectivity index (χ1) is 11.7. The number of carbonyl (C=O) groups is 2. The van der Waals surface area contributed by atoms with E-state index in [1.807, 2.05) is 0 Å². The molecule has 2 amide bonds. The van der Waals surface area contributed by atoms with Crippen LogP contribution in [-0.4, -0.2) is 72.7 Å². The number of hydrogen-bond acceptors (Lipinski definition) is 6. The molecule has 1 saturated heterocycles. The van der Waals surface area contributed by atoms with Crippen molar-refractivity contribution in [3.8, 4) is 0 Å². The van der Waals surface area contributed by atoms with E-state index in [0.29, 0.717) is 26.2 Å². The Morgan fingerprint density at radius 2 is 2.33 bits per heavy atom. The van der Waals surface area contributed by atoms with Gasteiger partial charge in [-0.05, 0) is 12.8 Å². The Morgan fingerprint density at radius 1 is 1.46 bits per heavy atom. The van der Waals surface area contributed by atoms with Crippen LogP contribution in [0.25, 0.3) is 0 Å². The van der Waals surface area contributed by atoms with Crippen LogP contribution >= 0.6 is 0 Å². The second-order valence-electron chi connectivity index (χ2n) is 5.57. The molecule has 0 aromatic carbocycles. The highest BCUT2D eigenvalue weighted by molar-refractivity contribution is 5.92. The molecule has 0 aliphatic carbocycles. The van der Waals surface area contributed by atoms with Crippen LogP contribution in [0.4, 0.5) is 0 Å². The maximum Gasteiger partial charge on any atom is 0.274 e. The number of nitrogens with one attached hydrogen (secondary N) is 1. The van der Waals surface area contributed by atoms with Crippen molar-refractivity contribution in [3.63, 3.8) is 0 Å². The van der Waals surface area contributed by atoms with E-state index in [1.54, 1.807) is 12.0 Å². The van der Waals surface area contributed by atoms with Crippen LogP contribution in [-0.2, 0) is 14.3 Å². The minimum Gasteiger partial charge on any atom is -0.383 e. The molecule has 2 rings (SSSR count). The standard InChI is InChI=1S/C16H24N4O4/c1-23-10-7-19-15(21)4-8-20(12-13-3-2-9-24-13)16(22)14-11-17-5-6-18-14/h5-6,11,13H,2-4,7-10,12H2,1H3,(H,19,21). The normalized spacial score (nSPS) is 16.8. The summed E-state index contributed by atoms with van der Waals surface area (Å²) in [4.78, 5) is 34.1. The fraction of sp³-hybridized carbons (Fsp3) is 0.625. The van der Waals surface area contributed by atoms with Crippen molar-refractivity contribution in [1.29, 1.82) is 0 Å². The van der Waals surface area contributed by atoms with Crippen LogP contribution in [0.1, 0.15) is 29.8 Å². The fourth-order valence-corrected chi connectivity index (χ4v) is 2.50. The zero-order valence-electron chi connectivity index (χ0n) is 13.9. The molecular weight excluding hydrogens is 312 g/mol. The van der Waals surface area contributed by atoms with Gasteiger partial charge in [-0.15, -0.1) is 0 Å². The lowest BCUT2D eigenvalue weighted by Crippen LogP contribution is -2.40. The van der Waals surface area contributed by atoms with E-state index < -0.39 is 0 Å². The summed E-state index contributed by atoms with van der Waals surface area (Å²) in [6.07, 6.45) is 6.59. The minimum absolute atomic E-state index is 0.0159. The van der Waals surface area contributed by atoms with Crippen LogP contribution in [0, 0.1) is 0 Å². The summed E-state index contributed by atoms with van der Waals surface area (Å²) in [5.41, 5.74) is 0.273. The van der Waals surface area contributed by atoms with Crippen LogP contribution in [0.15, 0.2) is 18.6 Å². The number of methoxy groups -OCH3 is 1. The van der Waals surface area contributed by atoms with Gasteiger partial charge < -0.3 is 19.7 Å². The Kier molecular flexibility index (Phi) is 7.57. The first kappa shape index (κ1) is 18.3. The first-order valence-electron chi connectivity index (χ1n) is 8.13. The molecule has 1 aliphatic rings. The number of ether oxygens (including phenoxy) is 2. The molecule has 0 bridgehead atoms. The zero-order valence-corrected chi connectivity index (χ0v) is 13.9. The number of carbonyl (C=O) groups excluding carboxylic acids is 2. The molecule has 24 heavy (non-hydrogen) atoms. The second kappa shape index (κ2) is 9.94. The van der Waals surface area contributed by atoms with Crippen LogP contribution in [0.2, 0.25) is 0 Å². The van der Waals surface area contributed by atoms with Gasteiger partial charge in [-0.25, -0.2) is 4.98 Å². The maximum absolute atomic E-state index is 12.6. The largest absolute Gasteiger partial charge is 0.383 e. The highest BCUT2D eigenvalue weighted by Crippen LogP contribution is 2.14. The Labute approximate surface area is 141 Å². The van der Waals surface area contributed by atoms with Gasteiger partial charge in [-0.3, -0.25) is 14.6 Å². The van der Waals surface area contributed by atoms with Gasteiger partial charge in [0.1, 0.15) is 5.69 Å². The van der Waals surface area contributed by atoms with Gasteiger partial charge in [0.15, 0.2) is 0 Å². The Morgan fingerprint density at radius 3 is 3.00 bits per heavy atom. The van der Waals surface area contributed by atoms with Gasteiger partial charge in [0.2, 0.25) is 5.91 Å². The molecule has 0 radical (unpaired) electrons. The summed E-state index contributed by atoms with van der Waals surface area (Å²) in [7, 11) is 1.58. The average molecular weight is 336 g/mol. The summed E-state index contributed by atoms with van der Waals surface area (Å²) >= 11 is 0. The quantitative estimate of drug-likeness (QED) is 0.650. The van der Waals surface area contributed by atoms with Gasteiger partial charge in [0, 0.05) is 52.2 Å². The maximum atomic E-state index is 12.6. The monoisotopic (exact) mass is 336 g/mol. The van der Waals surface area contributed by atoms with Crippen LogP contribution < -0.4 is 5.32 Å². The third-order valence-electron chi connectivity index (χ3n) is 3.75. The summed E-state index contributed by atoms with van der Waals surface area (Å²) in [6.45, 7) is 2.41. The lowest BCUT2D eigenvalue weighted by atomic mass is 10.2. The van der Waals surface area contributed by atoms with Crippen LogP contribution in [0.5, 0.6) is 0 Å². The topological polar surface area (TPSA) is 93.7 Å². The van der Waals surface area contributed by atoms with Gasteiger partial charge in [-0.2, -0.15) is 0 Å². The van der Waals surface area contributed by atoms with Gasteiger partial charge >= 0.3 is 0 Å². The molecule has 1 aromatic heterocycles. The summed E-state index contributed by atoms with van der Waals surface area (Å²) in [6, 6.07) is 0. The second-order valence-corrected chi connectivity index (χ2v) is 5.57. The van der Waals surface area contributed by atoms with Gasteiger partial charge in [-0.1, -0.05) is 0 Å². The molecule has 0 saturated carbocycles. The van der Waals surface area contributed by atoms with Crippen molar-refractivity contribution in [2.45, 2.75) is 25.4 Å². The molecule has 8 nitrogen and oxygen atoms in total. The Hall–Kier alpha value is -2.06. The lowest BCUT2D eigenvalue weighted by Gasteiger charge is -2.25. The first-order valence-corrected chi connectivity index (χ1v) is 8.13. The van der Waals surface area contributed by atoms with Crippen molar-refractivity contribution in [2.24, 2.45) is 0 Å². The fourth-order valence-electron chi connectivity index (χ4n) is 2.50. The number of rotatable bonds is 9. The Bertz CT molecular complexity index is 520. The molecule has 1 unspecified atom stereocenters. The van der Waals surface area contributed by atoms with E-state index in [-0.39, 0.29) is 30.0 Å². The summed E-state index contributed by atoms with van der Waals surface area (Å²) < 4.78 is 10.5. The lowest BCUT2D eigenvalue weighted by molar-refractivity contribution is -0.121. The van der Waals surface area contributed by atoms with E-state index >= 15 is 0 Å². The number of nitrogens with zero attached hydrogens (tertiary/aromatic N) is 3. The molecule has 1 fully saturated rings. The highest BCUT2D eigenvalue weighted by Gasteiger charge is 2.24. The van der Waals surface area contributed by atoms with Crippen molar-refractivity contribution in [1.82, 2.24) is 20.2 Å². The molecule has 1 N–H and O–H groups in total. The third-order valence-corrected chi connectivity index (χ3v) is 3.75. The minimum atomic E-state index is -0.233. The predicted molar refractivity (Wildman–Crippen MR) is 86.4 cm³/mol. The number of aromatic nitrogens is 2. The third kappa shape index (κ3) is 5.86. The van der Waals surface area contributed by atoms with Crippen molar-refractivity contribution < 1.29 is 19.1 Å². The smallest absolute Gasteiger partial charge is 0.274 e. The van der Waals surface area contributed by atoms with E-state index in [1.165, 1.54) is 18.6 Å². The van der Waals surface area contributed by atoms with E-state index in [4.69, 9.17) is 9.47 Å². The highest BCUT2D eigenvalue weighted by atomic mass is 16.5. The molecule has 8 heteroatoms. The molecule has 132 valence electrons. The van der Waals surface area contributed by atoms with Gasteiger partial charge in [0.25, 0.3) is 5.91 Å². The Balaban J connectivity index is 1.92.